The fraction of sp³-hybridized carbons (Fsp3) is 0.333. The first-order valence-corrected chi connectivity index (χ1v) is 9.72. The molecule has 0 aliphatic rings. The molecule has 0 aliphatic heterocycles. The molecule has 0 radical (unpaired) electrons. The highest BCUT2D eigenvalue weighted by Gasteiger charge is 2.21. The maximum Gasteiger partial charge on any atom is 0.332 e. The molecule has 1 N–H and O–H groups in total. The summed E-state index contributed by atoms with van der Waals surface area (Å²) in [5.41, 5.74) is 1.29. The first-order valence-electron chi connectivity index (χ1n) is 9.72. The minimum Gasteiger partial charge on any atom is -0.489 e. The van der Waals surface area contributed by atoms with Crippen molar-refractivity contribution in [3.63, 3.8) is 0 Å². The fourth-order valence-corrected chi connectivity index (χ4v) is 2.46. The second-order valence-electron chi connectivity index (χ2n) is 7.73. The van der Waals surface area contributed by atoms with Crippen LogP contribution >= 0.6 is 0 Å². The molecule has 29 heavy (non-hydrogen) atoms. The number of carbonyl (C=O) groups excluding carboxylic acids is 2. The number of carbonyl (C=O) groups is 2. The average molecular weight is 395 g/mol. The predicted molar refractivity (Wildman–Crippen MR) is 114 cm³/mol. The van der Waals surface area contributed by atoms with Gasteiger partial charge in [-0.2, -0.15) is 0 Å². The Hall–Kier alpha value is -3.08. The monoisotopic (exact) mass is 395 g/mol. The molecular weight excluding hydrogens is 366 g/mol. The summed E-state index contributed by atoms with van der Waals surface area (Å²) in [5.74, 6) is -0.0244. The van der Waals surface area contributed by atoms with Crippen molar-refractivity contribution in [1.82, 2.24) is 5.32 Å². The highest BCUT2D eigenvalue weighted by atomic mass is 16.5. The van der Waals surface area contributed by atoms with Gasteiger partial charge in [-0.05, 0) is 42.2 Å². The molecule has 0 saturated heterocycles. The van der Waals surface area contributed by atoms with Crippen molar-refractivity contribution in [2.45, 2.75) is 40.3 Å². The van der Waals surface area contributed by atoms with Gasteiger partial charge in [0.25, 0.3) is 5.91 Å². The van der Waals surface area contributed by atoms with Gasteiger partial charge in [0.15, 0.2) is 0 Å². The maximum atomic E-state index is 12.6. The molecule has 1 unspecified atom stereocenters. The molecule has 0 aromatic heterocycles. The molecule has 5 nitrogen and oxygen atoms in total. The van der Waals surface area contributed by atoms with Crippen molar-refractivity contribution in [1.29, 1.82) is 0 Å². The van der Waals surface area contributed by atoms with Crippen LogP contribution in [-0.4, -0.2) is 24.5 Å². The SMILES string of the molecule is CCOC(=O)C(C=CC(C)(C)C)NC(=O)c1ccc(COc2ccccc2)cc1. The van der Waals surface area contributed by atoms with E-state index in [1.807, 2.05) is 69.3 Å². The number of hydrogen-bond donors (Lipinski definition) is 1. The molecule has 5 heteroatoms. The first kappa shape index (κ1) is 22.2. The van der Waals surface area contributed by atoms with E-state index in [1.54, 1.807) is 25.1 Å². The number of allylic oxidation sites excluding steroid dienone is 1. The smallest absolute Gasteiger partial charge is 0.332 e. The summed E-state index contributed by atoms with van der Waals surface area (Å²) in [6, 6.07) is 15.8. The highest BCUT2D eigenvalue weighted by Crippen LogP contribution is 2.16. The van der Waals surface area contributed by atoms with Crippen LogP contribution in [-0.2, 0) is 16.1 Å². The van der Waals surface area contributed by atoms with Crippen molar-refractivity contribution in [2.24, 2.45) is 5.41 Å². The summed E-state index contributed by atoms with van der Waals surface area (Å²) >= 11 is 0. The lowest BCUT2D eigenvalue weighted by Gasteiger charge is -2.17. The maximum absolute atomic E-state index is 12.6. The van der Waals surface area contributed by atoms with Gasteiger partial charge in [0.05, 0.1) is 6.61 Å². The lowest BCUT2D eigenvalue weighted by atomic mass is 9.95. The van der Waals surface area contributed by atoms with E-state index in [9.17, 15) is 9.59 Å². The van der Waals surface area contributed by atoms with Gasteiger partial charge in [0.1, 0.15) is 18.4 Å². The van der Waals surface area contributed by atoms with Crippen molar-refractivity contribution >= 4 is 11.9 Å². The van der Waals surface area contributed by atoms with Crippen LogP contribution in [0.1, 0.15) is 43.6 Å². The Morgan fingerprint density at radius 2 is 1.69 bits per heavy atom. The minimum atomic E-state index is -0.831. The molecule has 154 valence electrons. The number of ether oxygens (including phenoxy) is 2. The molecule has 0 aliphatic carbocycles. The van der Waals surface area contributed by atoms with Crippen molar-refractivity contribution in [2.75, 3.05) is 6.61 Å². The summed E-state index contributed by atoms with van der Waals surface area (Å²) in [4.78, 5) is 24.8. The Kier molecular flexibility index (Phi) is 8.01. The Bertz CT molecular complexity index is 820. The van der Waals surface area contributed by atoms with Gasteiger partial charge in [0, 0.05) is 5.56 Å². The van der Waals surface area contributed by atoms with E-state index in [2.05, 4.69) is 5.32 Å². The summed E-state index contributed by atoms with van der Waals surface area (Å²) < 4.78 is 10.8. The van der Waals surface area contributed by atoms with Gasteiger partial charge in [-0.3, -0.25) is 4.79 Å². The van der Waals surface area contributed by atoms with E-state index in [0.717, 1.165) is 11.3 Å². The van der Waals surface area contributed by atoms with Gasteiger partial charge in [-0.15, -0.1) is 0 Å². The molecule has 1 atom stereocenters. The summed E-state index contributed by atoms with van der Waals surface area (Å²) in [5, 5.41) is 2.74. The van der Waals surface area contributed by atoms with E-state index in [-0.39, 0.29) is 17.9 Å². The van der Waals surface area contributed by atoms with Gasteiger partial charge in [0.2, 0.25) is 0 Å². The van der Waals surface area contributed by atoms with Crippen molar-refractivity contribution in [3.05, 3.63) is 77.9 Å². The predicted octanol–water partition coefficient (Wildman–Crippen LogP) is 4.53. The molecule has 0 heterocycles. The minimum absolute atomic E-state index is 0.115. The van der Waals surface area contributed by atoms with Crippen LogP contribution in [0, 0.1) is 5.41 Å². The van der Waals surface area contributed by atoms with E-state index >= 15 is 0 Å². The van der Waals surface area contributed by atoms with Crippen LogP contribution < -0.4 is 10.1 Å². The number of hydrogen-bond acceptors (Lipinski definition) is 4. The van der Waals surface area contributed by atoms with Crippen molar-refractivity contribution in [3.8, 4) is 5.75 Å². The van der Waals surface area contributed by atoms with Gasteiger partial charge in [-0.25, -0.2) is 4.79 Å². The Morgan fingerprint density at radius 3 is 2.28 bits per heavy atom. The molecule has 2 aromatic rings. The quantitative estimate of drug-likeness (QED) is 0.527. The molecular formula is C24H29NO4. The highest BCUT2D eigenvalue weighted by molar-refractivity contribution is 5.97. The zero-order chi connectivity index (χ0) is 21.3. The molecule has 1 amide bonds. The van der Waals surface area contributed by atoms with Crippen LogP contribution in [0.4, 0.5) is 0 Å². The normalized spacial score (nSPS) is 12.4. The third-order valence-corrected chi connectivity index (χ3v) is 3.98. The Labute approximate surface area is 172 Å². The number of esters is 1. The molecule has 0 bridgehead atoms. The molecule has 0 saturated carbocycles. The second kappa shape index (κ2) is 10.5. The van der Waals surface area contributed by atoms with Gasteiger partial charge in [-0.1, -0.05) is 63.3 Å². The average Bonchev–Trinajstić information content (AvgIpc) is 2.70. The van der Waals surface area contributed by atoms with Crippen LogP contribution in [0.15, 0.2) is 66.7 Å². The van der Waals surface area contributed by atoms with E-state index in [0.29, 0.717) is 12.2 Å². The van der Waals surface area contributed by atoms with E-state index in [4.69, 9.17) is 9.47 Å². The number of para-hydroxylation sites is 1. The van der Waals surface area contributed by atoms with Gasteiger partial charge < -0.3 is 14.8 Å². The van der Waals surface area contributed by atoms with E-state index in [1.165, 1.54) is 0 Å². The zero-order valence-corrected chi connectivity index (χ0v) is 17.5. The lowest BCUT2D eigenvalue weighted by molar-refractivity contribution is -0.144. The number of rotatable bonds is 8. The number of nitrogens with one attached hydrogen (secondary N) is 1. The van der Waals surface area contributed by atoms with Crippen LogP contribution in [0.3, 0.4) is 0 Å². The molecule has 2 aromatic carbocycles. The summed E-state index contributed by atoms with van der Waals surface area (Å²) in [7, 11) is 0. The fourth-order valence-electron chi connectivity index (χ4n) is 2.46. The topological polar surface area (TPSA) is 64.6 Å². The van der Waals surface area contributed by atoms with E-state index < -0.39 is 12.0 Å². The number of amides is 1. The second-order valence-corrected chi connectivity index (χ2v) is 7.73. The Morgan fingerprint density at radius 1 is 1.03 bits per heavy atom. The Balaban J connectivity index is 2.01. The van der Waals surface area contributed by atoms with Crippen LogP contribution in [0.2, 0.25) is 0 Å². The van der Waals surface area contributed by atoms with Crippen LogP contribution in [0.5, 0.6) is 5.75 Å². The molecule has 0 spiro atoms. The third kappa shape index (κ3) is 7.82. The number of benzene rings is 2. The lowest BCUT2D eigenvalue weighted by Crippen LogP contribution is -2.40. The summed E-state index contributed by atoms with van der Waals surface area (Å²) in [6.45, 7) is 8.45. The first-order chi connectivity index (χ1) is 13.8. The summed E-state index contributed by atoms with van der Waals surface area (Å²) in [6.07, 6.45) is 3.57. The largest absolute Gasteiger partial charge is 0.489 e. The zero-order valence-electron chi connectivity index (χ0n) is 17.5. The van der Waals surface area contributed by atoms with Crippen molar-refractivity contribution < 1.29 is 19.1 Å². The molecule has 2 rings (SSSR count). The van der Waals surface area contributed by atoms with Crippen LogP contribution in [0.25, 0.3) is 0 Å². The standard InChI is InChI=1S/C24H29NO4/c1-5-28-23(27)21(15-16-24(2,3)4)25-22(26)19-13-11-18(12-14-19)17-29-20-9-7-6-8-10-20/h6-16,21H,5,17H2,1-4H3,(H,25,26). The third-order valence-electron chi connectivity index (χ3n) is 3.98. The molecule has 0 fully saturated rings. The van der Waals surface area contributed by atoms with Gasteiger partial charge >= 0.3 is 5.97 Å².